The molecule has 0 bridgehead atoms. The SMILES string of the molecule is Cc1ccc(-c2ccc(N)cc2C#N)s1. The zero-order valence-electron chi connectivity index (χ0n) is 8.32. The molecule has 15 heavy (non-hydrogen) atoms. The zero-order chi connectivity index (χ0) is 10.8. The number of rotatable bonds is 1. The fourth-order valence-electron chi connectivity index (χ4n) is 1.45. The van der Waals surface area contributed by atoms with Crippen LogP contribution in [0.4, 0.5) is 5.69 Å². The van der Waals surface area contributed by atoms with Crippen LogP contribution in [0.25, 0.3) is 10.4 Å². The van der Waals surface area contributed by atoms with Crippen molar-refractivity contribution in [1.82, 2.24) is 0 Å². The van der Waals surface area contributed by atoms with E-state index in [0.29, 0.717) is 11.3 Å². The zero-order valence-corrected chi connectivity index (χ0v) is 9.14. The highest BCUT2D eigenvalue weighted by Gasteiger charge is 2.06. The molecule has 0 saturated carbocycles. The summed E-state index contributed by atoms with van der Waals surface area (Å²) in [6.45, 7) is 2.05. The van der Waals surface area contributed by atoms with Crippen LogP contribution in [0, 0.1) is 18.3 Å². The lowest BCUT2D eigenvalue weighted by Gasteiger charge is -2.01. The molecule has 0 unspecified atom stereocenters. The van der Waals surface area contributed by atoms with Crippen LogP contribution in [0.15, 0.2) is 30.3 Å². The van der Waals surface area contributed by atoms with Gasteiger partial charge in [0.15, 0.2) is 0 Å². The Morgan fingerprint density at radius 3 is 2.67 bits per heavy atom. The molecule has 2 N–H and O–H groups in total. The van der Waals surface area contributed by atoms with E-state index in [9.17, 15) is 0 Å². The summed E-state index contributed by atoms with van der Waals surface area (Å²) < 4.78 is 0. The molecule has 0 amide bonds. The summed E-state index contributed by atoms with van der Waals surface area (Å²) in [7, 11) is 0. The molecule has 0 spiro atoms. The van der Waals surface area contributed by atoms with Gasteiger partial charge in [-0.3, -0.25) is 0 Å². The summed E-state index contributed by atoms with van der Waals surface area (Å²) in [5, 5.41) is 9.01. The van der Waals surface area contributed by atoms with Gasteiger partial charge >= 0.3 is 0 Å². The third-order valence-electron chi connectivity index (χ3n) is 2.17. The fourth-order valence-corrected chi connectivity index (χ4v) is 2.36. The monoisotopic (exact) mass is 214 g/mol. The van der Waals surface area contributed by atoms with Crippen LogP contribution in [0.3, 0.4) is 0 Å². The highest BCUT2D eigenvalue weighted by Crippen LogP contribution is 2.31. The van der Waals surface area contributed by atoms with E-state index < -0.39 is 0 Å². The van der Waals surface area contributed by atoms with Gasteiger partial charge in [0.1, 0.15) is 0 Å². The summed E-state index contributed by atoms with van der Waals surface area (Å²) >= 11 is 1.68. The number of benzene rings is 1. The highest BCUT2D eigenvalue weighted by molar-refractivity contribution is 7.15. The van der Waals surface area contributed by atoms with Gasteiger partial charge in [-0.15, -0.1) is 11.3 Å². The van der Waals surface area contributed by atoms with Crippen LogP contribution in [0.1, 0.15) is 10.4 Å². The normalized spacial score (nSPS) is 9.87. The van der Waals surface area contributed by atoms with Crippen LogP contribution in [-0.4, -0.2) is 0 Å². The first kappa shape index (κ1) is 9.75. The van der Waals surface area contributed by atoms with Crippen LogP contribution in [0.2, 0.25) is 0 Å². The number of hydrogen-bond acceptors (Lipinski definition) is 3. The van der Waals surface area contributed by atoms with Crippen molar-refractivity contribution < 1.29 is 0 Å². The Morgan fingerprint density at radius 2 is 2.07 bits per heavy atom. The first-order valence-electron chi connectivity index (χ1n) is 4.57. The second kappa shape index (κ2) is 3.76. The highest BCUT2D eigenvalue weighted by atomic mass is 32.1. The van der Waals surface area contributed by atoms with E-state index in [4.69, 9.17) is 11.0 Å². The van der Waals surface area contributed by atoms with Crippen LogP contribution < -0.4 is 5.73 Å². The van der Waals surface area contributed by atoms with Crippen LogP contribution >= 0.6 is 11.3 Å². The minimum absolute atomic E-state index is 0.628. The number of aryl methyl sites for hydroxylation is 1. The van der Waals surface area contributed by atoms with Gasteiger partial charge in [0.25, 0.3) is 0 Å². The molecule has 1 aromatic carbocycles. The topological polar surface area (TPSA) is 49.8 Å². The largest absolute Gasteiger partial charge is 0.399 e. The Labute approximate surface area is 92.6 Å². The number of nitriles is 1. The molecule has 0 aliphatic heterocycles. The second-order valence-corrected chi connectivity index (χ2v) is 4.62. The van der Waals surface area contributed by atoms with Gasteiger partial charge in [-0.25, -0.2) is 0 Å². The summed E-state index contributed by atoms with van der Waals surface area (Å²) in [6.07, 6.45) is 0. The number of nitrogens with two attached hydrogens (primary N) is 1. The fraction of sp³-hybridized carbons (Fsp3) is 0.0833. The van der Waals surface area contributed by atoms with Crippen LogP contribution in [-0.2, 0) is 0 Å². The van der Waals surface area contributed by atoms with E-state index in [2.05, 4.69) is 19.1 Å². The molecule has 1 aromatic heterocycles. The third-order valence-corrected chi connectivity index (χ3v) is 3.20. The molecule has 2 aromatic rings. The molecule has 3 heteroatoms. The summed E-state index contributed by atoms with van der Waals surface area (Å²) in [4.78, 5) is 2.36. The molecular formula is C12H10N2S. The van der Waals surface area contributed by atoms with Crippen molar-refractivity contribution in [2.75, 3.05) is 5.73 Å². The second-order valence-electron chi connectivity index (χ2n) is 3.33. The number of anilines is 1. The molecule has 74 valence electrons. The van der Waals surface area contributed by atoms with Crippen molar-refractivity contribution in [3.63, 3.8) is 0 Å². The van der Waals surface area contributed by atoms with Gasteiger partial charge in [-0.05, 0) is 31.2 Å². The Bertz CT molecular complexity index is 535. The van der Waals surface area contributed by atoms with Crippen molar-refractivity contribution >= 4 is 17.0 Å². The molecule has 0 aliphatic rings. The van der Waals surface area contributed by atoms with Gasteiger partial charge in [-0.1, -0.05) is 6.07 Å². The lowest BCUT2D eigenvalue weighted by atomic mass is 10.1. The summed E-state index contributed by atoms with van der Waals surface area (Å²) in [6, 6.07) is 11.7. The molecule has 0 atom stereocenters. The predicted molar refractivity (Wildman–Crippen MR) is 63.6 cm³/mol. The Kier molecular flexibility index (Phi) is 2.44. The average molecular weight is 214 g/mol. The molecule has 0 fully saturated rings. The van der Waals surface area contributed by atoms with Crippen molar-refractivity contribution in [2.45, 2.75) is 6.92 Å². The summed E-state index contributed by atoms with van der Waals surface area (Å²) in [5.41, 5.74) is 7.87. The minimum atomic E-state index is 0.628. The standard InChI is InChI=1S/C12H10N2S/c1-8-2-5-12(15-8)11-4-3-10(14)6-9(11)7-13/h2-6H,14H2,1H3. The van der Waals surface area contributed by atoms with Gasteiger partial charge in [0.05, 0.1) is 11.6 Å². The maximum Gasteiger partial charge on any atom is 0.0999 e. The molecule has 1 heterocycles. The van der Waals surface area contributed by atoms with Gasteiger partial charge < -0.3 is 5.73 Å². The summed E-state index contributed by atoms with van der Waals surface area (Å²) in [5.74, 6) is 0. The molecule has 2 nitrogen and oxygen atoms in total. The Morgan fingerprint density at radius 1 is 1.27 bits per heavy atom. The number of hydrogen-bond donors (Lipinski definition) is 1. The molecule has 2 rings (SSSR count). The van der Waals surface area contributed by atoms with E-state index in [1.165, 1.54) is 4.88 Å². The quantitative estimate of drug-likeness (QED) is 0.741. The lowest BCUT2D eigenvalue weighted by Crippen LogP contribution is -1.87. The van der Waals surface area contributed by atoms with E-state index in [0.717, 1.165) is 10.4 Å². The van der Waals surface area contributed by atoms with Crippen molar-refractivity contribution in [2.24, 2.45) is 0 Å². The van der Waals surface area contributed by atoms with Crippen molar-refractivity contribution in [3.8, 4) is 16.5 Å². The predicted octanol–water partition coefficient (Wildman–Crippen LogP) is 3.18. The van der Waals surface area contributed by atoms with Crippen LogP contribution in [0.5, 0.6) is 0 Å². The molecular weight excluding hydrogens is 204 g/mol. The Hall–Kier alpha value is -1.79. The number of nitrogens with zero attached hydrogens (tertiary/aromatic N) is 1. The van der Waals surface area contributed by atoms with E-state index >= 15 is 0 Å². The van der Waals surface area contributed by atoms with E-state index in [-0.39, 0.29) is 0 Å². The maximum absolute atomic E-state index is 9.01. The van der Waals surface area contributed by atoms with Gasteiger partial charge in [0.2, 0.25) is 0 Å². The smallest absolute Gasteiger partial charge is 0.0999 e. The first-order chi connectivity index (χ1) is 7.20. The molecule has 0 aliphatic carbocycles. The Balaban J connectivity index is 2.58. The number of thiophene rings is 1. The van der Waals surface area contributed by atoms with E-state index in [1.54, 1.807) is 17.4 Å². The third kappa shape index (κ3) is 1.85. The first-order valence-corrected chi connectivity index (χ1v) is 5.39. The van der Waals surface area contributed by atoms with E-state index in [1.807, 2.05) is 18.2 Å². The van der Waals surface area contributed by atoms with Gasteiger partial charge in [0, 0.05) is 21.0 Å². The van der Waals surface area contributed by atoms with Crippen molar-refractivity contribution in [3.05, 3.63) is 40.8 Å². The molecule has 0 radical (unpaired) electrons. The van der Waals surface area contributed by atoms with Crippen molar-refractivity contribution in [1.29, 1.82) is 5.26 Å². The lowest BCUT2D eigenvalue weighted by molar-refractivity contribution is 1.49. The minimum Gasteiger partial charge on any atom is -0.399 e. The number of nitrogen functional groups attached to an aromatic ring is 1. The maximum atomic E-state index is 9.01. The molecule has 0 saturated heterocycles. The van der Waals surface area contributed by atoms with Gasteiger partial charge in [-0.2, -0.15) is 5.26 Å². The average Bonchev–Trinajstić information content (AvgIpc) is 2.64.